The molecule has 0 aliphatic carbocycles. The Balaban J connectivity index is 1.39. The quantitative estimate of drug-likeness (QED) is 0.266. The van der Waals surface area contributed by atoms with Gasteiger partial charge in [-0.2, -0.15) is 5.10 Å². The van der Waals surface area contributed by atoms with Gasteiger partial charge in [0.05, 0.1) is 46.9 Å². The highest BCUT2D eigenvalue weighted by molar-refractivity contribution is 6.33. The molecule has 0 spiro atoms. The molecule has 0 unspecified atom stereocenters. The van der Waals surface area contributed by atoms with Gasteiger partial charge in [-0.15, -0.1) is 0 Å². The van der Waals surface area contributed by atoms with E-state index < -0.39 is 5.82 Å². The van der Waals surface area contributed by atoms with Gasteiger partial charge in [0.25, 0.3) is 0 Å². The summed E-state index contributed by atoms with van der Waals surface area (Å²) in [6.07, 6.45) is 8.25. The highest BCUT2D eigenvalue weighted by Gasteiger charge is 2.06. The van der Waals surface area contributed by atoms with Crippen LogP contribution >= 0.6 is 11.6 Å². The summed E-state index contributed by atoms with van der Waals surface area (Å²) in [7, 11) is 0. The van der Waals surface area contributed by atoms with Crippen molar-refractivity contribution in [1.29, 1.82) is 0 Å². The lowest BCUT2D eigenvalue weighted by Gasteiger charge is -2.09. The van der Waals surface area contributed by atoms with Crippen LogP contribution in [0.1, 0.15) is 18.3 Å². The van der Waals surface area contributed by atoms with Gasteiger partial charge in [0, 0.05) is 11.9 Å². The summed E-state index contributed by atoms with van der Waals surface area (Å²) in [5.41, 5.74) is 8.15. The molecule has 0 atom stereocenters. The predicted molar refractivity (Wildman–Crippen MR) is 121 cm³/mol. The fourth-order valence-corrected chi connectivity index (χ4v) is 3.07. The van der Waals surface area contributed by atoms with Gasteiger partial charge >= 0.3 is 0 Å². The van der Waals surface area contributed by atoms with E-state index in [0.29, 0.717) is 10.7 Å². The van der Waals surface area contributed by atoms with E-state index in [1.807, 2.05) is 30.5 Å². The summed E-state index contributed by atoms with van der Waals surface area (Å²) in [6.45, 7) is 2.11. The summed E-state index contributed by atoms with van der Waals surface area (Å²) < 4.78 is 12.8. The number of H-pyrrole nitrogens is 1. The molecule has 7 nitrogen and oxygen atoms in total. The minimum absolute atomic E-state index is 0.194. The molecule has 3 N–H and O–H groups in total. The van der Waals surface area contributed by atoms with Crippen molar-refractivity contribution in [2.75, 3.05) is 10.7 Å². The van der Waals surface area contributed by atoms with Crippen molar-refractivity contribution in [2.24, 2.45) is 5.10 Å². The Morgan fingerprint density at radius 3 is 2.58 bits per heavy atom. The van der Waals surface area contributed by atoms with Gasteiger partial charge < -0.3 is 10.3 Å². The molecule has 0 aliphatic rings. The third-order valence-electron chi connectivity index (χ3n) is 4.47. The van der Waals surface area contributed by atoms with E-state index in [1.165, 1.54) is 11.9 Å². The number of aryl methyl sites for hydroxylation is 1. The Morgan fingerprint density at radius 1 is 1.06 bits per heavy atom. The smallest absolute Gasteiger partial charge is 0.243 e. The molecule has 0 saturated heterocycles. The topological polar surface area (TPSA) is 90.9 Å². The van der Waals surface area contributed by atoms with Gasteiger partial charge in [-0.3, -0.25) is 4.98 Å². The molecule has 9 heteroatoms. The first kappa shape index (κ1) is 20.5. The molecule has 0 aliphatic heterocycles. The minimum atomic E-state index is -0.510. The van der Waals surface area contributed by atoms with Crippen molar-refractivity contribution in [3.05, 3.63) is 83.4 Å². The molecule has 0 amide bonds. The Hall–Kier alpha value is -3.78. The molecule has 4 aromatic rings. The number of hydrogen-bond acceptors (Lipinski definition) is 6. The van der Waals surface area contributed by atoms with Crippen LogP contribution in [0.2, 0.25) is 5.02 Å². The van der Waals surface area contributed by atoms with Crippen molar-refractivity contribution >= 4 is 35.1 Å². The van der Waals surface area contributed by atoms with E-state index in [-0.39, 0.29) is 5.95 Å². The number of halogens is 2. The van der Waals surface area contributed by atoms with E-state index >= 15 is 0 Å². The number of aromatic nitrogens is 4. The molecule has 156 valence electrons. The molecule has 0 bridgehead atoms. The maximum absolute atomic E-state index is 12.8. The number of pyridine rings is 1. The fraction of sp³-hybridized carbons (Fsp3) is 0.0909. The van der Waals surface area contributed by atoms with Crippen molar-refractivity contribution < 1.29 is 4.39 Å². The van der Waals surface area contributed by atoms with E-state index in [0.717, 1.165) is 41.3 Å². The molecule has 31 heavy (non-hydrogen) atoms. The van der Waals surface area contributed by atoms with E-state index in [9.17, 15) is 4.39 Å². The second-order valence-electron chi connectivity index (χ2n) is 6.65. The van der Waals surface area contributed by atoms with Gasteiger partial charge in [-0.25, -0.2) is 19.8 Å². The lowest BCUT2D eigenvalue weighted by atomic mass is 10.1. The maximum Gasteiger partial charge on any atom is 0.243 e. The number of rotatable bonds is 7. The second-order valence-corrected chi connectivity index (χ2v) is 7.06. The van der Waals surface area contributed by atoms with Crippen LogP contribution in [0.5, 0.6) is 0 Å². The monoisotopic (exact) mass is 435 g/mol. The van der Waals surface area contributed by atoms with Crippen LogP contribution in [-0.2, 0) is 6.42 Å². The first-order chi connectivity index (χ1) is 15.1. The zero-order valence-electron chi connectivity index (χ0n) is 16.6. The average molecular weight is 436 g/mol. The molecule has 0 radical (unpaired) electrons. The van der Waals surface area contributed by atoms with Crippen molar-refractivity contribution in [1.82, 2.24) is 19.9 Å². The number of hydrazone groups is 1. The van der Waals surface area contributed by atoms with Crippen LogP contribution in [0, 0.1) is 5.82 Å². The van der Waals surface area contributed by atoms with Crippen LogP contribution in [-0.4, -0.2) is 26.2 Å². The van der Waals surface area contributed by atoms with Crippen molar-refractivity contribution in [3.63, 3.8) is 0 Å². The van der Waals surface area contributed by atoms with Gasteiger partial charge in [-0.05, 0) is 47.9 Å². The van der Waals surface area contributed by atoms with E-state index in [1.54, 1.807) is 12.3 Å². The first-order valence-electron chi connectivity index (χ1n) is 9.57. The largest absolute Gasteiger partial charge is 0.364 e. The molecule has 0 saturated carbocycles. The van der Waals surface area contributed by atoms with Gasteiger partial charge in [-0.1, -0.05) is 24.6 Å². The fourth-order valence-electron chi connectivity index (χ4n) is 2.85. The molecule has 3 aromatic heterocycles. The molecule has 1 aromatic carbocycles. The number of nitrogens with one attached hydrogen (secondary N) is 3. The summed E-state index contributed by atoms with van der Waals surface area (Å²) in [5.74, 6) is -0.316. The standard InChI is InChI=1S/C22H19ClFN7/c1-2-17-7-15(9-25-17)14-3-6-21(20(23)8-14)30-19-5-4-18(26-12-19)13-29-31-22-27-10-16(24)11-28-22/h3-13,25,30H,2H2,1H3,(H,27,28,31)/b29-13+. The van der Waals surface area contributed by atoms with Crippen LogP contribution in [0.3, 0.4) is 0 Å². The Morgan fingerprint density at radius 2 is 1.90 bits per heavy atom. The molecule has 3 heterocycles. The lowest BCUT2D eigenvalue weighted by Crippen LogP contribution is -1.98. The third kappa shape index (κ3) is 5.23. The average Bonchev–Trinajstić information content (AvgIpc) is 3.27. The van der Waals surface area contributed by atoms with Crippen LogP contribution < -0.4 is 10.7 Å². The van der Waals surface area contributed by atoms with Crippen LogP contribution in [0.4, 0.5) is 21.7 Å². The van der Waals surface area contributed by atoms with Crippen molar-refractivity contribution in [2.45, 2.75) is 13.3 Å². The van der Waals surface area contributed by atoms with Gasteiger partial charge in [0.1, 0.15) is 0 Å². The SMILES string of the molecule is CCc1cc(-c2ccc(Nc3ccc(/C=N/Nc4ncc(F)cn4)nc3)c(Cl)c2)c[nH]1. The number of benzene rings is 1. The number of nitrogens with zero attached hydrogens (tertiary/aromatic N) is 4. The summed E-state index contributed by atoms with van der Waals surface area (Å²) in [5, 5.41) is 7.87. The second kappa shape index (κ2) is 9.36. The molecule has 4 rings (SSSR count). The van der Waals surface area contributed by atoms with E-state index in [4.69, 9.17) is 11.6 Å². The maximum atomic E-state index is 12.8. The predicted octanol–water partition coefficient (Wildman–Crippen LogP) is 5.41. The highest BCUT2D eigenvalue weighted by atomic mass is 35.5. The highest BCUT2D eigenvalue weighted by Crippen LogP contribution is 2.31. The number of anilines is 3. The van der Waals surface area contributed by atoms with Gasteiger partial charge in [0.2, 0.25) is 5.95 Å². The molecule has 0 fully saturated rings. The van der Waals surface area contributed by atoms with Gasteiger partial charge in [0.15, 0.2) is 5.82 Å². The number of hydrogen-bond donors (Lipinski definition) is 3. The normalized spacial score (nSPS) is 11.1. The number of aromatic amines is 1. The summed E-state index contributed by atoms with van der Waals surface area (Å²) in [6, 6.07) is 11.7. The molecular formula is C22H19ClFN7. The lowest BCUT2D eigenvalue weighted by molar-refractivity contribution is 0.614. The van der Waals surface area contributed by atoms with E-state index in [2.05, 4.69) is 48.8 Å². The third-order valence-corrected chi connectivity index (χ3v) is 4.79. The zero-order valence-corrected chi connectivity index (χ0v) is 17.4. The summed E-state index contributed by atoms with van der Waals surface area (Å²) in [4.78, 5) is 15.1. The van der Waals surface area contributed by atoms with Crippen LogP contribution in [0.15, 0.2) is 66.3 Å². The van der Waals surface area contributed by atoms with Crippen LogP contribution in [0.25, 0.3) is 11.1 Å². The Labute approximate surface area is 183 Å². The Kier molecular flexibility index (Phi) is 6.18. The first-order valence-corrected chi connectivity index (χ1v) is 9.95. The minimum Gasteiger partial charge on any atom is -0.364 e. The van der Waals surface area contributed by atoms with Crippen molar-refractivity contribution in [3.8, 4) is 11.1 Å². The molecular weight excluding hydrogens is 417 g/mol. The Bertz CT molecular complexity index is 1190. The summed E-state index contributed by atoms with van der Waals surface area (Å²) >= 11 is 6.48. The zero-order chi connectivity index (χ0) is 21.6.